The quantitative estimate of drug-likeness (QED) is 0.376. The summed E-state index contributed by atoms with van der Waals surface area (Å²) in [5, 5.41) is 31.3. The number of aromatic carboxylic acids is 1. The number of carboxylic acid groups (broad SMARTS) is 1. The van der Waals surface area contributed by atoms with Crippen molar-refractivity contribution in [3.8, 4) is 17.0 Å². The Bertz CT molecular complexity index is 1480. The number of carbonyl (C=O) groups is 2. The molecule has 3 aromatic heterocycles. The van der Waals surface area contributed by atoms with Gasteiger partial charge in [-0.15, -0.1) is 5.10 Å². The second kappa shape index (κ2) is 7.46. The number of aromatic hydroxyl groups is 1. The predicted molar refractivity (Wildman–Crippen MR) is 119 cm³/mol. The highest BCUT2D eigenvalue weighted by Gasteiger charge is 2.18. The van der Waals surface area contributed by atoms with Gasteiger partial charge in [-0.2, -0.15) is 0 Å². The van der Waals surface area contributed by atoms with Crippen molar-refractivity contribution >= 4 is 49.5 Å². The molecule has 0 fully saturated rings. The number of aryl methyl sites for hydroxylation is 1. The first-order valence-electron chi connectivity index (χ1n) is 9.50. The van der Waals surface area contributed by atoms with E-state index in [1.165, 1.54) is 28.2 Å². The van der Waals surface area contributed by atoms with E-state index < -0.39 is 5.97 Å². The Morgan fingerprint density at radius 3 is 2.78 bits per heavy atom. The molecule has 0 radical (unpaired) electrons. The lowest BCUT2D eigenvalue weighted by atomic mass is 10.1. The fourth-order valence-corrected chi connectivity index (χ4v) is 4.41. The number of hydrogen-bond donors (Lipinski definition) is 3. The molecule has 5 rings (SSSR count). The monoisotopic (exact) mass is 448 g/mol. The lowest BCUT2D eigenvalue weighted by molar-refractivity contribution is -0.116. The van der Waals surface area contributed by atoms with Gasteiger partial charge in [0.25, 0.3) is 0 Å². The van der Waals surface area contributed by atoms with Gasteiger partial charge in [0.15, 0.2) is 5.13 Å². The fraction of sp³-hybridized carbons (Fsp3) is 0.0952. The van der Waals surface area contributed by atoms with Crippen LogP contribution in [-0.4, -0.2) is 46.6 Å². The molecular weight excluding hydrogens is 432 g/mol. The molecule has 3 N–H and O–H groups in total. The Balaban J connectivity index is 1.39. The average Bonchev–Trinajstić information content (AvgIpc) is 3.44. The number of hydrogen-bond acceptors (Lipinski definition) is 7. The van der Waals surface area contributed by atoms with Crippen LogP contribution >= 0.6 is 11.3 Å². The lowest BCUT2D eigenvalue weighted by Crippen LogP contribution is -2.19. The minimum absolute atomic E-state index is 0.0607. The number of carboxylic acids is 1. The minimum Gasteiger partial charge on any atom is -0.507 e. The molecule has 3 heterocycles. The SMILES string of the molecule is Cn1cc(-c2cn(CC(=O)Nc3nc4ccccc4s3)nn2)c2cc(C(=O)O)c(O)cc21. The number of amides is 1. The molecule has 160 valence electrons. The molecule has 32 heavy (non-hydrogen) atoms. The summed E-state index contributed by atoms with van der Waals surface area (Å²) in [5.41, 5.74) is 2.38. The van der Waals surface area contributed by atoms with Gasteiger partial charge < -0.3 is 20.1 Å². The first-order chi connectivity index (χ1) is 15.4. The molecular formula is C21H16N6O4S. The molecule has 0 spiro atoms. The topological polar surface area (TPSA) is 135 Å². The van der Waals surface area contributed by atoms with Gasteiger partial charge in [0.2, 0.25) is 5.91 Å². The van der Waals surface area contributed by atoms with Crippen LogP contribution in [0.25, 0.3) is 32.4 Å². The number of nitrogens with one attached hydrogen (secondary N) is 1. The molecule has 1 amide bonds. The zero-order valence-electron chi connectivity index (χ0n) is 16.7. The molecule has 0 unspecified atom stereocenters. The number of aromatic nitrogens is 5. The number of carbonyl (C=O) groups excluding carboxylic acids is 1. The standard InChI is InChI=1S/C21H16N6O4S/c1-26-8-13(11-6-12(20(30)31)17(28)7-16(11)26)15-9-27(25-24-15)10-19(29)23-21-22-14-4-2-3-5-18(14)32-21/h2-9,28H,10H2,1H3,(H,30,31)(H,22,23,29). The van der Waals surface area contributed by atoms with Gasteiger partial charge in [0.1, 0.15) is 23.6 Å². The third kappa shape index (κ3) is 3.44. The Hall–Kier alpha value is -4.25. The summed E-state index contributed by atoms with van der Waals surface area (Å²) in [6.07, 6.45) is 3.38. The highest BCUT2D eigenvalue weighted by atomic mass is 32.1. The first kappa shape index (κ1) is 19.7. The summed E-state index contributed by atoms with van der Waals surface area (Å²) >= 11 is 1.39. The molecule has 0 saturated heterocycles. The molecule has 10 nitrogen and oxygen atoms in total. The Morgan fingerprint density at radius 1 is 1.19 bits per heavy atom. The molecule has 5 aromatic rings. The van der Waals surface area contributed by atoms with Gasteiger partial charge in [-0.3, -0.25) is 4.79 Å². The van der Waals surface area contributed by atoms with Gasteiger partial charge in [0, 0.05) is 30.3 Å². The van der Waals surface area contributed by atoms with Crippen molar-refractivity contribution in [1.82, 2.24) is 24.5 Å². The van der Waals surface area contributed by atoms with Crippen LogP contribution in [0.5, 0.6) is 5.75 Å². The van der Waals surface area contributed by atoms with Crippen LogP contribution in [0.3, 0.4) is 0 Å². The molecule has 0 saturated carbocycles. The maximum Gasteiger partial charge on any atom is 0.339 e. The number of benzene rings is 2. The van der Waals surface area contributed by atoms with Gasteiger partial charge in [0.05, 0.1) is 21.9 Å². The van der Waals surface area contributed by atoms with Crippen LogP contribution in [0.1, 0.15) is 10.4 Å². The number of rotatable bonds is 5. The van der Waals surface area contributed by atoms with E-state index in [0.717, 1.165) is 10.2 Å². The van der Waals surface area contributed by atoms with E-state index in [1.54, 1.807) is 24.0 Å². The van der Waals surface area contributed by atoms with E-state index in [0.29, 0.717) is 27.3 Å². The largest absolute Gasteiger partial charge is 0.507 e. The van der Waals surface area contributed by atoms with E-state index in [9.17, 15) is 19.8 Å². The van der Waals surface area contributed by atoms with Crippen molar-refractivity contribution < 1.29 is 19.8 Å². The highest BCUT2D eigenvalue weighted by Crippen LogP contribution is 2.33. The summed E-state index contributed by atoms with van der Waals surface area (Å²) < 4.78 is 4.14. The number of anilines is 1. The van der Waals surface area contributed by atoms with E-state index in [4.69, 9.17) is 0 Å². The van der Waals surface area contributed by atoms with Crippen molar-refractivity contribution in [2.75, 3.05) is 5.32 Å². The number of thiazole rings is 1. The summed E-state index contributed by atoms with van der Waals surface area (Å²) in [6, 6.07) is 10.4. The fourth-order valence-electron chi connectivity index (χ4n) is 3.52. The van der Waals surface area contributed by atoms with Crippen molar-refractivity contribution in [2.45, 2.75) is 6.54 Å². The number of nitrogens with zero attached hydrogens (tertiary/aromatic N) is 5. The summed E-state index contributed by atoms with van der Waals surface area (Å²) in [6.45, 7) is -0.0607. The molecule has 0 atom stereocenters. The average molecular weight is 448 g/mol. The molecule has 0 aliphatic heterocycles. The zero-order valence-corrected chi connectivity index (χ0v) is 17.5. The first-order valence-corrected chi connectivity index (χ1v) is 10.3. The van der Waals surface area contributed by atoms with Crippen molar-refractivity contribution in [1.29, 1.82) is 0 Å². The summed E-state index contributed by atoms with van der Waals surface area (Å²) in [5.74, 6) is -1.83. The Kier molecular flexibility index (Phi) is 4.59. The van der Waals surface area contributed by atoms with Crippen LogP contribution < -0.4 is 5.32 Å². The molecule has 0 aliphatic rings. The Morgan fingerprint density at radius 2 is 2.00 bits per heavy atom. The van der Waals surface area contributed by atoms with E-state index in [2.05, 4.69) is 20.6 Å². The highest BCUT2D eigenvalue weighted by molar-refractivity contribution is 7.22. The second-order valence-corrected chi connectivity index (χ2v) is 8.21. The van der Waals surface area contributed by atoms with E-state index >= 15 is 0 Å². The van der Waals surface area contributed by atoms with E-state index in [-0.39, 0.29) is 23.8 Å². The van der Waals surface area contributed by atoms with Gasteiger partial charge >= 0.3 is 5.97 Å². The third-order valence-electron chi connectivity index (χ3n) is 5.00. The maximum atomic E-state index is 12.4. The van der Waals surface area contributed by atoms with Crippen molar-refractivity contribution in [2.24, 2.45) is 7.05 Å². The maximum absolute atomic E-state index is 12.4. The van der Waals surface area contributed by atoms with Crippen LogP contribution in [0, 0.1) is 0 Å². The van der Waals surface area contributed by atoms with Gasteiger partial charge in [-0.1, -0.05) is 28.7 Å². The number of phenols is 1. The van der Waals surface area contributed by atoms with E-state index in [1.807, 2.05) is 24.3 Å². The van der Waals surface area contributed by atoms with Crippen LogP contribution in [0.4, 0.5) is 5.13 Å². The Labute approximate surface area is 184 Å². The zero-order chi connectivity index (χ0) is 22.4. The molecule has 0 bridgehead atoms. The smallest absolute Gasteiger partial charge is 0.339 e. The predicted octanol–water partition coefficient (Wildman–Crippen LogP) is 3.09. The minimum atomic E-state index is -1.23. The molecule has 0 aliphatic carbocycles. The van der Waals surface area contributed by atoms with Crippen molar-refractivity contribution in [3.05, 3.63) is 54.4 Å². The number of fused-ring (bicyclic) bond motifs is 2. The van der Waals surface area contributed by atoms with Crippen LogP contribution in [0.15, 0.2) is 48.8 Å². The molecule has 11 heteroatoms. The second-order valence-electron chi connectivity index (χ2n) is 7.18. The third-order valence-corrected chi connectivity index (χ3v) is 5.95. The normalized spacial score (nSPS) is 11.3. The lowest BCUT2D eigenvalue weighted by Gasteiger charge is -2.02. The van der Waals surface area contributed by atoms with Crippen LogP contribution in [0.2, 0.25) is 0 Å². The summed E-state index contributed by atoms with van der Waals surface area (Å²) in [7, 11) is 1.78. The number of para-hydroxylation sites is 1. The van der Waals surface area contributed by atoms with Gasteiger partial charge in [-0.05, 0) is 18.2 Å². The van der Waals surface area contributed by atoms with Crippen molar-refractivity contribution in [3.63, 3.8) is 0 Å². The van der Waals surface area contributed by atoms with Crippen LogP contribution in [-0.2, 0) is 18.4 Å². The molecule has 2 aromatic carbocycles. The van der Waals surface area contributed by atoms with Gasteiger partial charge in [-0.25, -0.2) is 14.5 Å². The summed E-state index contributed by atoms with van der Waals surface area (Å²) in [4.78, 5) is 28.2.